The van der Waals surface area contributed by atoms with Crippen molar-refractivity contribution >= 4 is 16.8 Å². The molecule has 1 N–H and O–H groups in total. The van der Waals surface area contributed by atoms with Crippen LogP contribution < -0.4 is 4.90 Å². The summed E-state index contributed by atoms with van der Waals surface area (Å²) >= 11 is 0. The molecule has 3 rings (SSSR count). The van der Waals surface area contributed by atoms with Gasteiger partial charge in [0.05, 0.1) is 31.3 Å². The molecule has 2 fully saturated rings. The summed E-state index contributed by atoms with van der Waals surface area (Å²) in [6.07, 6.45) is 8.04. The molecule has 1 heterocycles. The molecular formula is C25H40NO3S+. The van der Waals surface area contributed by atoms with Crippen molar-refractivity contribution in [3.63, 3.8) is 0 Å². The molecule has 3 atom stereocenters. The lowest BCUT2D eigenvalue weighted by Crippen LogP contribution is -3.12. The summed E-state index contributed by atoms with van der Waals surface area (Å²) in [5.74, 6) is 0.442. The van der Waals surface area contributed by atoms with Crippen LogP contribution in [0.25, 0.3) is 0 Å². The zero-order chi connectivity index (χ0) is 21.6. The topological polar surface area (TPSA) is 47.8 Å². The summed E-state index contributed by atoms with van der Waals surface area (Å²) in [7, 11) is -1.02. The van der Waals surface area contributed by atoms with E-state index in [1.807, 2.05) is 0 Å². The predicted molar refractivity (Wildman–Crippen MR) is 123 cm³/mol. The van der Waals surface area contributed by atoms with Gasteiger partial charge in [-0.05, 0) is 55.1 Å². The van der Waals surface area contributed by atoms with Crippen LogP contribution in [0, 0.1) is 0 Å². The third-order valence-electron chi connectivity index (χ3n) is 6.63. The highest BCUT2D eigenvalue weighted by molar-refractivity contribution is 7.84. The molecule has 30 heavy (non-hydrogen) atoms. The lowest BCUT2D eigenvalue weighted by Gasteiger charge is -2.31. The number of hydrogen-bond acceptors (Lipinski definition) is 3. The average molecular weight is 435 g/mol. The summed E-state index contributed by atoms with van der Waals surface area (Å²) in [5, 5.41) is -0.0349. The third-order valence-corrected chi connectivity index (χ3v) is 8.47. The fourth-order valence-corrected chi connectivity index (χ4v) is 6.37. The van der Waals surface area contributed by atoms with Gasteiger partial charge in [-0.2, -0.15) is 0 Å². The van der Waals surface area contributed by atoms with Crippen LogP contribution in [0.15, 0.2) is 24.3 Å². The molecule has 1 saturated carbocycles. The van der Waals surface area contributed by atoms with E-state index in [2.05, 4.69) is 45.0 Å². The van der Waals surface area contributed by atoms with Crippen LogP contribution in [0.3, 0.4) is 0 Å². The number of quaternary nitrogens is 1. The predicted octanol–water partition coefficient (Wildman–Crippen LogP) is 3.55. The summed E-state index contributed by atoms with van der Waals surface area (Å²) in [4.78, 5) is 14.0. The van der Waals surface area contributed by atoms with Crippen molar-refractivity contribution in [1.82, 2.24) is 0 Å². The second-order valence-corrected chi connectivity index (χ2v) is 11.8. The van der Waals surface area contributed by atoms with Crippen molar-refractivity contribution in [3.8, 4) is 0 Å². The zero-order valence-electron chi connectivity index (χ0n) is 19.1. The van der Waals surface area contributed by atoms with Gasteiger partial charge in [0.1, 0.15) is 6.10 Å². The van der Waals surface area contributed by atoms with Crippen LogP contribution in [0.2, 0.25) is 0 Å². The van der Waals surface area contributed by atoms with E-state index < -0.39 is 10.8 Å². The molecule has 1 saturated heterocycles. The Kier molecular flexibility index (Phi) is 8.52. The van der Waals surface area contributed by atoms with E-state index in [1.165, 1.54) is 42.8 Å². The van der Waals surface area contributed by atoms with Crippen LogP contribution >= 0.6 is 0 Å². The Balaban J connectivity index is 1.52. The largest absolute Gasteiger partial charge is 0.461 e. The van der Waals surface area contributed by atoms with Gasteiger partial charge >= 0.3 is 5.97 Å². The second kappa shape index (κ2) is 10.9. The van der Waals surface area contributed by atoms with Crippen LogP contribution in [-0.4, -0.2) is 41.2 Å². The van der Waals surface area contributed by atoms with Crippen LogP contribution in [-0.2, 0) is 31.5 Å². The third kappa shape index (κ3) is 6.91. The van der Waals surface area contributed by atoms with Gasteiger partial charge in [-0.15, -0.1) is 0 Å². The van der Waals surface area contributed by atoms with E-state index >= 15 is 0 Å². The summed E-state index contributed by atoms with van der Waals surface area (Å²) in [6, 6.07) is 8.50. The minimum Gasteiger partial charge on any atom is -0.461 e. The molecule has 0 bridgehead atoms. The number of likely N-dealkylation sites (tertiary alicyclic amines) is 1. The molecule has 0 amide bonds. The van der Waals surface area contributed by atoms with Crippen molar-refractivity contribution in [1.29, 1.82) is 0 Å². The lowest BCUT2D eigenvalue weighted by molar-refractivity contribution is -0.904. The molecule has 0 radical (unpaired) electrons. The fraction of sp³-hybridized carbons (Fsp3) is 0.720. The smallest absolute Gasteiger partial charge is 0.311 e. The monoisotopic (exact) mass is 434 g/mol. The van der Waals surface area contributed by atoms with E-state index in [1.54, 1.807) is 0 Å². The molecule has 1 aliphatic carbocycles. The van der Waals surface area contributed by atoms with Gasteiger partial charge in [0.15, 0.2) is 0 Å². The number of carbonyl (C=O) groups excluding carboxylic acids is 1. The number of hydrogen-bond donors (Lipinski definition) is 1. The summed E-state index contributed by atoms with van der Waals surface area (Å²) in [6.45, 7) is 9.84. The van der Waals surface area contributed by atoms with Crippen molar-refractivity contribution in [2.45, 2.75) is 94.7 Å². The molecule has 1 aromatic carbocycles. The molecule has 1 aliphatic heterocycles. The van der Waals surface area contributed by atoms with E-state index in [0.29, 0.717) is 12.2 Å². The number of benzene rings is 1. The second-order valence-electron chi connectivity index (χ2n) is 10.1. The number of carbonyl (C=O) groups is 1. The molecule has 1 aromatic rings. The van der Waals surface area contributed by atoms with Gasteiger partial charge in [-0.25, -0.2) is 0 Å². The van der Waals surface area contributed by atoms with Gasteiger partial charge in [-0.1, -0.05) is 51.5 Å². The first-order valence-electron chi connectivity index (χ1n) is 11.8. The number of esters is 1. The van der Waals surface area contributed by atoms with Crippen molar-refractivity contribution in [2.24, 2.45) is 0 Å². The maximum atomic E-state index is 13.2. The maximum absolute atomic E-state index is 13.2. The van der Waals surface area contributed by atoms with Gasteiger partial charge in [0.2, 0.25) is 0 Å². The molecule has 0 unspecified atom stereocenters. The number of rotatable bonds is 7. The van der Waals surface area contributed by atoms with E-state index in [-0.39, 0.29) is 22.7 Å². The Morgan fingerprint density at radius 2 is 1.70 bits per heavy atom. The van der Waals surface area contributed by atoms with Crippen molar-refractivity contribution in [2.75, 3.05) is 19.6 Å². The Labute approximate surface area is 185 Å². The van der Waals surface area contributed by atoms with Crippen molar-refractivity contribution in [3.05, 3.63) is 35.4 Å². The van der Waals surface area contributed by atoms with Gasteiger partial charge in [0.25, 0.3) is 0 Å². The molecule has 0 aromatic heterocycles. The highest BCUT2D eigenvalue weighted by Crippen LogP contribution is 2.28. The summed E-state index contributed by atoms with van der Waals surface area (Å²) in [5.41, 5.74) is 2.51. The zero-order valence-corrected chi connectivity index (χ0v) is 19.9. The normalized spacial score (nSPS) is 24.4. The molecule has 2 aliphatic rings. The highest BCUT2D eigenvalue weighted by Gasteiger charge is 2.33. The van der Waals surface area contributed by atoms with Crippen LogP contribution in [0.5, 0.6) is 0 Å². The summed E-state index contributed by atoms with van der Waals surface area (Å²) < 4.78 is 19.0. The minimum absolute atomic E-state index is 0.0349. The quantitative estimate of drug-likeness (QED) is 0.668. The first kappa shape index (κ1) is 23.5. The van der Waals surface area contributed by atoms with Gasteiger partial charge in [-0.3, -0.25) is 9.00 Å². The Morgan fingerprint density at radius 1 is 1.03 bits per heavy atom. The molecule has 168 valence electrons. The Hall–Kier alpha value is -1.20. The highest BCUT2D eigenvalue weighted by atomic mass is 32.2. The van der Waals surface area contributed by atoms with E-state index in [4.69, 9.17) is 4.74 Å². The number of nitrogens with one attached hydrogen (secondary N) is 1. The van der Waals surface area contributed by atoms with Crippen LogP contribution in [0.1, 0.15) is 83.3 Å². The standard InChI is InChI=1S/C25H39NO3S/c1-25(2,3)21-13-11-20(12-14-21)19-30(28)23-10-6-5-9-22(23)29-24(27)15-18-26-16-7-4-8-17-26/h11-14,22-23H,4-10,15-19H2,1-3H3/p+1/t22-,23+,30-/m0/s1. The molecular weight excluding hydrogens is 394 g/mol. The van der Waals surface area contributed by atoms with Crippen LogP contribution in [0.4, 0.5) is 0 Å². The molecule has 0 spiro atoms. The molecule has 5 heteroatoms. The first-order valence-corrected chi connectivity index (χ1v) is 13.2. The van der Waals surface area contributed by atoms with E-state index in [9.17, 15) is 9.00 Å². The molecule has 4 nitrogen and oxygen atoms in total. The first-order chi connectivity index (χ1) is 14.3. The fourth-order valence-electron chi connectivity index (χ4n) is 4.68. The average Bonchev–Trinajstić information content (AvgIpc) is 2.73. The minimum atomic E-state index is -1.02. The lowest BCUT2D eigenvalue weighted by atomic mass is 9.87. The Bertz CT molecular complexity index is 704. The van der Waals surface area contributed by atoms with Gasteiger partial charge in [0, 0.05) is 16.6 Å². The maximum Gasteiger partial charge on any atom is 0.311 e. The van der Waals surface area contributed by atoms with E-state index in [0.717, 1.165) is 37.8 Å². The SMILES string of the molecule is CC(C)(C)c1ccc(C[S@](=O)[C@@H]2CCCC[C@@H]2OC(=O)CC[NH+]2CCCCC2)cc1. The van der Waals surface area contributed by atoms with Crippen molar-refractivity contribution < 1.29 is 18.6 Å². The van der Waals surface area contributed by atoms with Gasteiger partial charge < -0.3 is 9.64 Å². The number of piperidine rings is 1. The number of ether oxygens (including phenoxy) is 1. The Morgan fingerprint density at radius 3 is 2.37 bits per heavy atom.